The summed E-state index contributed by atoms with van der Waals surface area (Å²) in [7, 11) is 0. The fourth-order valence-electron chi connectivity index (χ4n) is 4.25. The molecule has 2 aromatic carbocycles. The van der Waals surface area contributed by atoms with Gasteiger partial charge in [-0.15, -0.1) is 0 Å². The number of ether oxygens (including phenoxy) is 1. The fraction of sp³-hybridized carbons (Fsp3) is 0.222. The van der Waals surface area contributed by atoms with Gasteiger partial charge in [0.25, 0.3) is 5.91 Å². The molecular weight excluding hydrogens is 490 g/mol. The maximum absolute atomic E-state index is 14.4. The third-order valence-corrected chi connectivity index (χ3v) is 6.39. The molecule has 0 saturated heterocycles. The van der Waals surface area contributed by atoms with Crippen molar-refractivity contribution in [1.82, 2.24) is 15.3 Å². The Bertz CT molecular complexity index is 1490. The zero-order valence-electron chi connectivity index (χ0n) is 19.5. The minimum absolute atomic E-state index is 0.0490. The molecule has 0 unspecified atom stereocenters. The lowest BCUT2D eigenvalue weighted by Gasteiger charge is -2.31. The van der Waals surface area contributed by atoms with E-state index in [1.54, 1.807) is 31.3 Å². The first-order valence-corrected chi connectivity index (χ1v) is 11.4. The van der Waals surface area contributed by atoms with E-state index < -0.39 is 35.7 Å². The highest BCUT2D eigenvalue weighted by atomic mass is 19.4. The van der Waals surface area contributed by atoms with Gasteiger partial charge in [-0.1, -0.05) is 13.0 Å². The van der Waals surface area contributed by atoms with Gasteiger partial charge in [0.05, 0.1) is 24.4 Å². The Hall–Kier alpha value is -4.05. The lowest BCUT2D eigenvalue weighted by Crippen LogP contribution is -2.51. The number of alkyl halides is 3. The molecule has 0 radical (unpaired) electrons. The molecule has 1 amide bonds. The Morgan fingerprint density at radius 2 is 1.89 bits per heavy atom. The summed E-state index contributed by atoms with van der Waals surface area (Å²) in [6, 6.07) is 14.1. The van der Waals surface area contributed by atoms with Crippen LogP contribution < -0.4 is 10.1 Å². The van der Waals surface area contributed by atoms with E-state index in [-0.39, 0.29) is 29.5 Å². The van der Waals surface area contributed by atoms with Crippen molar-refractivity contribution in [3.63, 3.8) is 0 Å². The van der Waals surface area contributed by atoms with Crippen molar-refractivity contribution >= 4 is 16.8 Å². The van der Waals surface area contributed by atoms with Crippen LogP contribution in [0.25, 0.3) is 22.2 Å². The SMILES string of the molecule is C[C@@H]1COc2c1cc([C@@](O)(CNC(=O)c1ccc3ncccc3c1)C(F)(F)F)nc2-c1ccc(F)cc1. The second-order valence-corrected chi connectivity index (χ2v) is 8.94. The molecule has 0 spiro atoms. The molecule has 0 aliphatic carbocycles. The summed E-state index contributed by atoms with van der Waals surface area (Å²) in [5.41, 5.74) is -2.66. The summed E-state index contributed by atoms with van der Waals surface area (Å²) < 4.78 is 62.2. The number of nitrogens with zero attached hydrogens (tertiary/aromatic N) is 2. The van der Waals surface area contributed by atoms with Crippen molar-refractivity contribution in [2.45, 2.75) is 24.6 Å². The van der Waals surface area contributed by atoms with Crippen molar-refractivity contribution in [3.8, 4) is 17.0 Å². The van der Waals surface area contributed by atoms with Crippen LogP contribution in [-0.4, -0.2) is 40.3 Å². The van der Waals surface area contributed by atoms with Crippen LogP contribution in [0.2, 0.25) is 0 Å². The Morgan fingerprint density at radius 3 is 2.62 bits per heavy atom. The molecular formula is C27H21F4N3O3. The predicted octanol–water partition coefficient (Wildman–Crippen LogP) is 5.11. The van der Waals surface area contributed by atoms with E-state index in [4.69, 9.17) is 4.74 Å². The highest BCUT2D eigenvalue weighted by Crippen LogP contribution is 2.45. The maximum atomic E-state index is 14.4. The summed E-state index contributed by atoms with van der Waals surface area (Å²) in [6.45, 7) is 0.810. The summed E-state index contributed by atoms with van der Waals surface area (Å²) in [5.74, 6) is -1.31. The molecule has 2 N–H and O–H groups in total. The number of nitrogens with one attached hydrogen (secondary N) is 1. The highest BCUT2D eigenvalue weighted by molar-refractivity contribution is 5.97. The summed E-state index contributed by atoms with van der Waals surface area (Å²) in [5, 5.41) is 13.8. The summed E-state index contributed by atoms with van der Waals surface area (Å²) in [4.78, 5) is 21.1. The second kappa shape index (κ2) is 9.11. The predicted molar refractivity (Wildman–Crippen MR) is 128 cm³/mol. The Labute approximate surface area is 208 Å². The van der Waals surface area contributed by atoms with Crippen LogP contribution in [0.4, 0.5) is 17.6 Å². The van der Waals surface area contributed by atoms with Gasteiger partial charge in [-0.3, -0.25) is 9.78 Å². The van der Waals surface area contributed by atoms with E-state index >= 15 is 0 Å². The number of aliphatic hydroxyl groups is 1. The molecule has 1 aliphatic heterocycles. The molecule has 3 heterocycles. The molecule has 0 fully saturated rings. The van der Waals surface area contributed by atoms with Crippen LogP contribution in [0, 0.1) is 5.82 Å². The molecule has 4 aromatic rings. The number of carbonyl (C=O) groups excluding carboxylic acids is 1. The lowest BCUT2D eigenvalue weighted by molar-refractivity contribution is -0.265. The topological polar surface area (TPSA) is 84.3 Å². The lowest BCUT2D eigenvalue weighted by atomic mass is 9.92. The molecule has 2 atom stereocenters. The van der Waals surface area contributed by atoms with Gasteiger partial charge in [0.15, 0.2) is 0 Å². The van der Waals surface area contributed by atoms with Crippen LogP contribution in [0.3, 0.4) is 0 Å². The van der Waals surface area contributed by atoms with Crippen LogP contribution in [0.15, 0.2) is 66.9 Å². The molecule has 1 aliphatic rings. The van der Waals surface area contributed by atoms with Crippen molar-refractivity contribution < 1.29 is 32.2 Å². The number of pyridine rings is 2. The zero-order valence-corrected chi connectivity index (χ0v) is 19.5. The first-order valence-electron chi connectivity index (χ1n) is 11.4. The molecule has 190 valence electrons. The number of hydrogen-bond acceptors (Lipinski definition) is 5. The Morgan fingerprint density at radius 1 is 1.14 bits per heavy atom. The number of aromatic nitrogens is 2. The number of benzene rings is 2. The quantitative estimate of drug-likeness (QED) is 0.364. The smallest absolute Gasteiger partial charge is 0.424 e. The van der Waals surface area contributed by atoms with Gasteiger partial charge in [-0.05, 0) is 54.6 Å². The van der Waals surface area contributed by atoms with Gasteiger partial charge >= 0.3 is 6.18 Å². The van der Waals surface area contributed by atoms with Crippen LogP contribution in [0.1, 0.15) is 34.5 Å². The van der Waals surface area contributed by atoms with Crippen molar-refractivity contribution in [2.75, 3.05) is 13.2 Å². The van der Waals surface area contributed by atoms with E-state index in [1.807, 2.05) is 0 Å². The monoisotopic (exact) mass is 511 g/mol. The highest BCUT2D eigenvalue weighted by Gasteiger charge is 2.57. The normalized spacial score (nSPS) is 16.6. The van der Waals surface area contributed by atoms with Crippen molar-refractivity contribution in [1.29, 1.82) is 0 Å². The fourth-order valence-corrected chi connectivity index (χ4v) is 4.25. The first kappa shape index (κ1) is 24.6. The van der Waals surface area contributed by atoms with Gasteiger partial charge < -0.3 is 15.2 Å². The van der Waals surface area contributed by atoms with Gasteiger partial charge in [0.2, 0.25) is 5.60 Å². The third-order valence-electron chi connectivity index (χ3n) is 6.39. The van der Waals surface area contributed by atoms with Gasteiger partial charge in [-0.2, -0.15) is 13.2 Å². The molecule has 6 nitrogen and oxygen atoms in total. The molecule has 10 heteroatoms. The molecule has 0 saturated carbocycles. The Balaban J connectivity index is 1.52. The van der Waals surface area contributed by atoms with Crippen molar-refractivity contribution in [3.05, 3.63) is 89.5 Å². The number of fused-ring (bicyclic) bond motifs is 2. The minimum atomic E-state index is -5.18. The standard InChI is InChI=1S/C27H21F4N3O3/c1-15-13-37-24-20(15)12-22(34-23(24)16-4-7-19(28)8-5-16)26(36,27(29,30)31)14-33-25(35)18-6-9-21-17(11-18)3-2-10-32-21/h2-12,15,36H,13-14H2,1H3,(H,33,35)/t15-,26+/m1/s1. The van der Waals surface area contributed by atoms with Gasteiger partial charge in [-0.25, -0.2) is 9.37 Å². The largest absolute Gasteiger partial charge is 0.490 e. The summed E-state index contributed by atoms with van der Waals surface area (Å²) >= 11 is 0. The van der Waals surface area contributed by atoms with E-state index in [2.05, 4.69) is 15.3 Å². The molecule has 5 rings (SSSR count). The molecule has 37 heavy (non-hydrogen) atoms. The van der Waals surface area contributed by atoms with Gasteiger partial charge in [0.1, 0.15) is 17.3 Å². The van der Waals surface area contributed by atoms with E-state index in [1.165, 1.54) is 24.3 Å². The number of rotatable bonds is 5. The third kappa shape index (κ3) is 4.48. The van der Waals surface area contributed by atoms with Crippen LogP contribution in [0.5, 0.6) is 5.75 Å². The average Bonchev–Trinajstić information content (AvgIpc) is 3.26. The summed E-state index contributed by atoms with van der Waals surface area (Å²) in [6.07, 6.45) is -3.60. The first-order chi connectivity index (χ1) is 17.6. The number of halogens is 4. The Kier molecular flexibility index (Phi) is 6.07. The number of amides is 1. The van der Waals surface area contributed by atoms with E-state index in [9.17, 15) is 27.5 Å². The zero-order chi connectivity index (χ0) is 26.4. The maximum Gasteiger partial charge on any atom is 0.424 e. The number of hydrogen-bond donors (Lipinski definition) is 2. The van der Waals surface area contributed by atoms with Crippen LogP contribution >= 0.6 is 0 Å². The van der Waals surface area contributed by atoms with Crippen molar-refractivity contribution in [2.24, 2.45) is 0 Å². The molecule has 2 aromatic heterocycles. The second-order valence-electron chi connectivity index (χ2n) is 8.94. The minimum Gasteiger partial charge on any atom is -0.490 e. The van der Waals surface area contributed by atoms with E-state index in [0.717, 1.165) is 18.2 Å². The number of carbonyl (C=O) groups is 1. The van der Waals surface area contributed by atoms with Crippen LogP contribution in [-0.2, 0) is 5.60 Å². The average molecular weight is 511 g/mol. The van der Waals surface area contributed by atoms with Gasteiger partial charge in [0, 0.05) is 34.2 Å². The van der Waals surface area contributed by atoms with E-state index in [0.29, 0.717) is 22.0 Å². The molecule has 0 bridgehead atoms.